The van der Waals surface area contributed by atoms with Crippen LogP contribution >= 0.6 is 0 Å². The van der Waals surface area contributed by atoms with Crippen molar-refractivity contribution in [3.05, 3.63) is 23.6 Å². The highest BCUT2D eigenvalue weighted by atomic mass is 19.1. The van der Waals surface area contributed by atoms with Crippen LogP contribution in [-0.4, -0.2) is 4.98 Å². The van der Waals surface area contributed by atoms with Crippen LogP contribution in [0.25, 0.3) is 0 Å². The van der Waals surface area contributed by atoms with Crippen molar-refractivity contribution in [2.75, 3.05) is 5.73 Å². The summed E-state index contributed by atoms with van der Waals surface area (Å²) in [4.78, 5) is 3.80. The van der Waals surface area contributed by atoms with Crippen LogP contribution in [0.4, 0.5) is 10.2 Å². The first-order chi connectivity index (χ1) is 6.25. The van der Waals surface area contributed by atoms with Crippen molar-refractivity contribution >= 4 is 5.82 Å². The summed E-state index contributed by atoms with van der Waals surface area (Å²) >= 11 is 0. The summed E-state index contributed by atoms with van der Waals surface area (Å²) in [6, 6.07) is 1.33. The number of anilines is 1. The van der Waals surface area contributed by atoms with E-state index in [0.717, 1.165) is 6.42 Å². The normalized spacial score (nSPS) is 8.92. The van der Waals surface area contributed by atoms with Gasteiger partial charge in [0.25, 0.3) is 0 Å². The van der Waals surface area contributed by atoms with E-state index in [0.29, 0.717) is 17.8 Å². The van der Waals surface area contributed by atoms with Crippen LogP contribution in [0.15, 0.2) is 12.3 Å². The third kappa shape index (κ3) is 3.40. The Morgan fingerprint density at radius 3 is 2.54 bits per heavy atom. The van der Waals surface area contributed by atoms with Gasteiger partial charge in [-0.25, -0.2) is 9.37 Å². The van der Waals surface area contributed by atoms with E-state index in [4.69, 9.17) is 5.73 Å². The zero-order valence-electron chi connectivity index (χ0n) is 8.47. The van der Waals surface area contributed by atoms with Crippen molar-refractivity contribution in [2.45, 2.75) is 33.6 Å². The molecule has 0 unspecified atom stereocenters. The standard InChI is InChI=1S/C8H11FN2.C2H6/c1-2-3-6-7(9)4-5-11-8(6)10;1-2/h4-5H,2-3H2,1H3,(H2,10,11);1-2H3. The van der Waals surface area contributed by atoms with Gasteiger partial charge < -0.3 is 5.73 Å². The average molecular weight is 184 g/mol. The smallest absolute Gasteiger partial charge is 0.131 e. The van der Waals surface area contributed by atoms with E-state index in [1.54, 1.807) is 0 Å². The van der Waals surface area contributed by atoms with Gasteiger partial charge in [-0.1, -0.05) is 27.2 Å². The summed E-state index contributed by atoms with van der Waals surface area (Å²) in [5, 5.41) is 0. The lowest BCUT2D eigenvalue weighted by Gasteiger charge is -2.02. The molecule has 0 amide bonds. The molecule has 1 heterocycles. The lowest BCUT2D eigenvalue weighted by atomic mass is 10.1. The summed E-state index contributed by atoms with van der Waals surface area (Å²) in [5.41, 5.74) is 5.99. The number of hydrogen-bond donors (Lipinski definition) is 1. The topological polar surface area (TPSA) is 38.9 Å². The lowest BCUT2D eigenvalue weighted by Crippen LogP contribution is -2.00. The number of halogens is 1. The molecule has 0 spiro atoms. The third-order valence-electron chi connectivity index (χ3n) is 1.53. The Morgan fingerprint density at radius 2 is 2.08 bits per heavy atom. The first-order valence-electron chi connectivity index (χ1n) is 4.64. The molecule has 74 valence electrons. The number of nitrogens with two attached hydrogens (primary N) is 1. The molecule has 0 atom stereocenters. The number of nitrogen functional groups attached to an aromatic ring is 1. The Hall–Kier alpha value is -1.12. The molecular weight excluding hydrogens is 167 g/mol. The Bertz CT molecular complexity index is 228. The molecule has 0 saturated carbocycles. The van der Waals surface area contributed by atoms with Gasteiger partial charge in [0.15, 0.2) is 0 Å². The van der Waals surface area contributed by atoms with Crippen LogP contribution in [0.5, 0.6) is 0 Å². The van der Waals surface area contributed by atoms with Gasteiger partial charge in [-0.2, -0.15) is 0 Å². The van der Waals surface area contributed by atoms with Gasteiger partial charge in [0, 0.05) is 11.8 Å². The molecule has 0 fully saturated rings. The van der Waals surface area contributed by atoms with Crippen LogP contribution in [-0.2, 0) is 6.42 Å². The number of rotatable bonds is 2. The molecule has 0 aliphatic heterocycles. The lowest BCUT2D eigenvalue weighted by molar-refractivity contribution is 0.606. The monoisotopic (exact) mass is 184 g/mol. The fourth-order valence-corrected chi connectivity index (χ4v) is 0.981. The van der Waals surface area contributed by atoms with E-state index < -0.39 is 0 Å². The van der Waals surface area contributed by atoms with Gasteiger partial charge in [0.2, 0.25) is 0 Å². The highest BCUT2D eigenvalue weighted by Crippen LogP contribution is 2.14. The van der Waals surface area contributed by atoms with Crippen LogP contribution in [0.3, 0.4) is 0 Å². The molecule has 2 N–H and O–H groups in total. The maximum atomic E-state index is 12.9. The molecule has 13 heavy (non-hydrogen) atoms. The maximum Gasteiger partial charge on any atom is 0.131 e. The number of pyridine rings is 1. The molecule has 2 nitrogen and oxygen atoms in total. The Labute approximate surface area is 79.0 Å². The van der Waals surface area contributed by atoms with Gasteiger partial charge in [-0.3, -0.25) is 0 Å². The largest absolute Gasteiger partial charge is 0.383 e. The SMILES string of the molecule is CC.CCCc1c(F)ccnc1N. The zero-order chi connectivity index (χ0) is 10.3. The van der Waals surface area contributed by atoms with E-state index in [1.807, 2.05) is 20.8 Å². The van der Waals surface area contributed by atoms with E-state index in [1.165, 1.54) is 12.3 Å². The molecule has 0 aliphatic carbocycles. The molecule has 1 aromatic heterocycles. The average Bonchev–Trinajstić information content (AvgIpc) is 2.15. The third-order valence-corrected chi connectivity index (χ3v) is 1.53. The van der Waals surface area contributed by atoms with Crippen molar-refractivity contribution < 1.29 is 4.39 Å². The van der Waals surface area contributed by atoms with Gasteiger partial charge in [0.05, 0.1) is 0 Å². The van der Waals surface area contributed by atoms with Gasteiger partial charge in [-0.05, 0) is 12.5 Å². The molecule has 1 rings (SSSR count). The van der Waals surface area contributed by atoms with E-state index in [9.17, 15) is 4.39 Å². The second kappa shape index (κ2) is 6.40. The Morgan fingerprint density at radius 1 is 1.46 bits per heavy atom. The molecule has 0 saturated heterocycles. The van der Waals surface area contributed by atoms with Crippen molar-refractivity contribution in [2.24, 2.45) is 0 Å². The molecule has 3 heteroatoms. The molecule has 0 aromatic carbocycles. The van der Waals surface area contributed by atoms with Crippen LogP contribution in [0, 0.1) is 5.82 Å². The van der Waals surface area contributed by atoms with Gasteiger partial charge >= 0.3 is 0 Å². The first-order valence-corrected chi connectivity index (χ1v) is 4.64. The minimum atomic E-state index is -0.251. The van der Waals surface area contributed by atoms with Crippen molar-refractivity contribution in [3.8, 4) is 0 Å². The fraction of sp³-hybridized carbons (Fsp3) is 0.500. The first kappa shape index (κ1) is 11.9. The van der Waals surface area contributed by atoms with Crippen molar-refractivity contribution in [1.29, 1.82) is 0 Å². The molecule has 0 radical (unpaired) electrons. The number of aromatic nitrogens is 1. The summed E-state index contributed by atoms with van der Waals surface area (Å²) in [6.07, 6.45) is 2.92. The van der Waals surface area contributed by atoms with E-state index >= 15 is 0 Å². The second-order valence-electron chi connectivity index (χ2n) is 2.41. The van der Waals surface area contributed by atoms with Crippen molar-refractivity contribution in [3.63, 3.8) is 0 Å². The quantitative estimate of drug-likeness (QED) is 0.767. The molecular formula is C10H17FN2. The van der Waals surface area contributed by atoms with Crippen LogP contribution in [0.1, 0.15) is 32.8 Å². The predicted molar refractivity (Wildman–Crippen MR) is 54.0 cm³/mol. The maximum absolute atomic E-state index is 12.9. The summed E-state index contributed by atoms with van der Waals surface area (Å²) in [6.45, 7) is 5.98. The van der Waals surface area contributed by atoms with Gasteiger partial charge in [-0.15, -0.1) is 0 Å². The Balaban J connectivity index is 0.000000671. The van der Waals surface area contributed by atoms with Crippen LogP contribution < -0.4 is 5.73 Å². The minimum absolute atomic E-state index is 0.251. The van der Waals surface area contributed by atoms with Gasteiger partial charge in [0.1, 0.15) is 11.6 Å². The minimum Gasteiger partial charge on any atom is -0.383 e. The summed E-state index contributed by atoms with van der Waals surface area (Å²) in [7, 11) is 0. The van der Waals surface area contributed by atoms with Crippen LogP contribution in [0.2, 0.25) is 0 Å². The molecule has 1 aromatic rings. The van der Waals surface area contributed by atoms with Crippen molar-refractivity contribution in [1.82, 2.24) is 4.98 Å². The summed E-state index contributed by atoms with van der Waals surface area (Å²) in [5.74, 6) is 0.0613. The molecule has 0 bridgehead atoms. The highest BCUT2D eigenvalue weighted by Gasteiger charge is 2.04. The second-order valence-corrected chi connectivity index (χ2v) is 2.41. The zero-order valence-corrected chi connectivity index (χ0v) is 8.47. The predicted octanol–water partition coefficient (Wildman–Crippen LogP) is 2.78. The summed E-state index contributed by atoms with van der Waals surface area (Å²) < 4.78 is 12.9. The highest BCUT2D eigenvalue weighted by molar-refractivity contribution is 5.39. The number of nitrogens with zero attached hydrogens (tertiary/aromatic N) is 1. The number of hydrogen-bond acceptors (Lipinski definition) is 2. The fourth-order valence-electron chi connectivity index (χ4n) is 0.981. The van der Waals surface area contributed by atoms with E-state index in [2.05, 4.69) is 4.98 Å². The molecule has 0 aliphatic rings. The van der Waals surface area contributed by atoms with E-state index in [-0.39, 0.29) is 5.82 Å². The Kier molecular flexibility index (Phi) is 5.85.